The van der Waals surface area contributed by atoms with Gasteiger partial charge in [0, 0.05) is 13.1 Å². The maximum absolute atomic E-state index is 12.6. The van der Waals surface area contributed by atoms with Crippen molar-refractivity contribution >= 4 is 17.8 Å². The van der Waals surface area contributed by atoms with Crippen LogP contribution in [-0.2, 0) is 20.8 Å². The fourth-order valence-electron chi connectivity index (χ4n) is 3.80. The highest BCUT2D eigenvalue weighted by Gasteiger charge is 2.44. The predicted octanol–water partition coefficient (Wildman–Crippen LogP) is 1.66. The lowest BCUT2D eigenvalue weighted by atomic mass is 9.86. The second-order valence-electron chi connectivity index (χ2n) is 7.54. The molecule has 1 unspecified atom stereocenters. The van der Waals surface area contributed by atoms with Crippen LogP contribution in [0.5, 0.6) is 0 Å². The molecule has 0 bridgehead atoms. The first-order chi connectivity index (χ1) is 12.6. The van der Waals surface area contributed by atoms with Crippen molar-refractivity contribution in [2.45, 2.75) is 58.5 Å². The highest BCUT2D eigenvalue weighted by atomic mass is 16.4. The molecular weight excluding hydrogens is 348 g/mol. The molecule has 3 N–H and O–H groups in total. The summed E-state index contributed by atoms with van der Waals surface area (Å²) in [7, 11) is 0. The van der Waals surface area contributed by atoms with Gasteiger partial charge < -0.3 is 15.5 Å². The molecule has 1 atom stereocenters. The quantitative estimate of drug-likeness (QED) is 0.697. The smallest absolute Gasteiger partial charge is 0.329 e. The molecule has 0 radical (unpaired) electrons. The lowest BCUT2D eigenvalue weighted by Gasteiger charge is -2.40. The van der Waals surface area contributed by atoms with Crippen molar-refractivity contribution in [2.24, 2.45) is 0 Å². The second-order valence-corrected chi connectivity index (χ2v) is 7.54. The van der Waals surface area contributed by atoms with E-state index in [0.717, 1.165) is 22.3 Å². The van der Waals surface area contributed by atoms with Crippen molar-refractivity contribution in [1.29, 1.82) is 0 Å². The number of hydrogen-bond donors (Lipinski definition) is 3. The molecule has 1 aliphatic rings. The average molecular weight is 376 g/mol. The van der Waals surface area contributed by atoms with Gasteiger partial charge in [-0.3, -0.25) is 14.5 Å². The number of carboxylic acids is 2. The number of nitrogens with zero attached hydrogens (tertiary/aromatic N) is 1. The van der Waals surface area contributed by atoms with Crippen LogP contribution in [0.4, 0.5) is 0 Å². The molecule has 1 aromatic carbocycles. The van der Waals surface area contributed by atoms with E-state index in [1.54, 1.807) is 11.8 Å². The molecule has 2 rings (SSSR count). The molecule has 1 aromatic rings. The van der Waals surface area contributed by atoms with Crippen molar-refractivity contribution < 1.29 is 24.6 Å². The van der Waals surface area contributed by atoms with Crippen molar-refractivity contribution in [2.75, 3.05) is 13.1 Å². The molecule has 148 valence electrons. The van der Waals surface area contributed by atoms with E-state index < -0.39 is 23.5 Å². The molecule has 0 saturated carbocycles. The van der Waals surface area contributed by atoms with E-state index in [4.69, 9.17) is 5.11 Å². The van der Waals surface area contributed by atoms with Gasteiger partial charge in [-0.05, 0) is 57.2 Å². The van der Waals surface area contributed by atoms with Gasteiger partial charge in [-0.25, -0.2) is 4.79 Å². The Kier molecular flexibility index (Phi) is 6.26. The topological polar surface area (TPSA) is 107 Å². The maximum atomic E-state index is 12.6. The van der Waals surface area contributed by atoms with Crippen LogP contribution in [0.2, 0.25) is 0 Å². The van der Waals surface area contributed by atoms with Crippen LogP contribution in [0.15, 0.2) is 12.1 Å². The normalized spacial score (nSPS) is 17.9. The van der Waals surface area contributed by atoms with E-state index in [2.05, 4.69) is 5.32 Å². The molecule has 7 nitrogen and oxygen atoms in total. The molecule has 1 fully saturated rings. The summed E-state index contributed by atoms with van der Waals surface area (Å²) in [6.45, 7) is 8.08. The number of hydrogen-bond acceptors (Lipinski definition) is 4. The molecule has 0 aromatic heterocycles. The van der Waals surface area contributed by atoms with Crippen molar-refractivity contribution in [3.8, 4) is 0 Å². The van der Waals surface area contributed by atoms with Crippen LogP contribution in [0.25, 0.3) is 0 Å². The van der Waals surface area contributed by atoms with Crippen LogP contribution in [0.3, 0.4) is 0 Å². The van der Waals surface area contributed by atoms with E-state index >= 15 is 0 Å². The first kappa shape index (κ1) is 20.9. The predicted molar refractivity (Wildman–Crippen MR) is 101 cm³/mol. The summed E-state index contributed by atoms with van der Waals surface area (Å²) >= 11 is 0. The van der Waals surface area contributed by atoms with Crippen molar-refractivity contribution in [3.05, 3.63) is 34.4 Å². The summed E-state index contributed by atoms with van der Waals surface area (Å²) in [5.41, 5.74) is 2.71. The van der Waals surface area contributed by atoms with Crippen molar-refractivity contribution in [3.63, 3.8) is 0 Å². The first-order valence-corrected chi connectivity index (χ1v) is 9.14. The van der Waals surface area contributed by atoms with Crippen LogP contribution in [0, 0.1) is 20.8 Å². The highest BCUT2D eigenvalue weighted by molar-refractivity contribution is 5.88. The minimum Gasteiger partial charge on any atom is -0.480 e. The first-order valence-electron chi connectivity index (χ1n) is 9.14. The number of carbonyl (C=O) groups excluding carboxylic acids is 1. The fourth-order valence-corrected chi connectivity index (χ4v) is 3.80. The zero-order valence-corrected chi connectivity index (χ0v) is 16.3. The molecule has 1 aliphatic heterocycles. The number of rotatable bonds is 6. The fraction of sp³-hybridized carbons (Fsp3) is 0.550. The SMILES string of the molecule is Cc1cc(C)c(CC(=O)NC2(C(=O)O)CCN(C(C)C(=O)O)CC2)c(C)c1. The van der Waals surface area contributed by atoms with Gasteiger partial charge >= 0.3 is 11.9 Å². The third kappa shape index (κ3) is 4.66. The molecule has 7 heteroatoms. The summed E-state index contributed by atoms with van der Waals surface area (Å²) < 4.78 is 0. The summed E-state index contributed by atoms with van der Waals surface area (Å²) in [6.07, 6.45) is 0.483. The Balaban J connectivity index is 2.10. The number of benzene rings is 1. The zero-order valence-electron chi connectivity index (χ0n) is 16.3. The monoisotopic (exact) mass is 376 g/mol. The number of aliphatic carboxylic acids is 2. The van der Waals surface area contributed by atoms with Gasteiger partial charge in [0.2, 0.25) is 5.91 Å². The number of nitrogens with one attached hydrogen (secondary N) is 1. The van der Waals surface area contributed by atoms with Gasteiger partial charge in [0.1, 0.15) is 11.6 Å². The standard InChI is InChI=1S/C20H28N2O5/c1-12-9-13(2)16(14(3)10-12)11-17(23)21-20(19(26)27)5-7-22(8-6-20)15(4)18(24)25/h9-10,15H,5-8,11H2,1-4H3,(H,21,23)(H,24,25)(H,26,27). The minimum absolute atomic E-state index is 0.127. The summed E-state index contributed by atoms with van der Waals surface area (Å²) in [5.74, 6) is -2.34. The second kappa shape index (κ2) is 8.08. The van der Waals surface area contributed by atoms with Gasteiger partial charge in [-0.2, -0.15) is 0 Å². The molecule has 0 spiro atoms. The number of carboxylic acid groups (broad SMARTS) is 2. The molecule has 1 amide bonds. The molecule has 0 aliphatic carbocycles. The highest BCUT2D eigenvalue weighted by Crippen LogP contribution is 2.25. The van der Waals surface area contributed by atoms with Crippen LogP contribution in [0.1, 0.15) is 42.0 Å². The molecule has 27 heavy (non-hydrogen) atoms. The summed E-state index contributed by atoms with van der Waals surface area (Å²) in [6, 6.07) is 3.34. The van der Waals surface area contributed by atoms with Crippen molar-refractivity contribution in [1.82, 2.24) is 10.2 Å². The van der Waals surface area contributed by atoms with Gasteiger partial charge in [-0.1, -0.05) is 17.7 Å². The molecule has 1 saturated heterocycles. The Morgan fingerprint density at radius 3 is 2.07 bits per heavy atom. The van der Waals surface area contributed by atoms with Gasteiger partial charge in [0.15, 0.2) is 0 Å². The number of carbonyl (C=O) groups is 3. The zero-order chi connectivity index (χ0) is 20.4. The van der Waals surface area contributed by atoms with E-state index in [9.17, 15) is 19.5 Å². The number of likely N-dealkylation sites (tertiary alicyclic amines) is 1. The van der Waals surface area contributed by atoms with Crippen LogP contribution in [-0.4, -0.2) is 57.6 Å². The van der Waals surface area contributed by atoms with E-state index in [0.29, 0.717) is 13.1 Å². The molecule has 1 heterocycles. The average Bonchev–Trinajstić information content (AvgIpc) is 2.57. The van der Waals surface area contributed by atoms with Gasteiger partial charge in [0.05, 0.1) is 6.42 Å². The number of aryl methyl sites for hydroxylation is 3. The lowest BCUT2D eigenvalue weighted by molar-refractivity contribution is -0.151. The van der Waals surface area contributed by atoms with E-state index in [1.807, 2.05) is 32.9 Å². The number of piperidine rings is 1. The largest absolute Gasteiger partial charge is 0.480 e. The Labute approximate surface area is 159 Å². The number of amides is 1. The van der Waals surface area contributed by atoms with Gasteiger partial charge in [-0.15, -0.1) is 0 Å². The van der Waals surface area contributed by atoms with E-state index in [1.165, 1.54) is 0 Å². The Morgan fingerprint density at radius 2 is 1.63 bits per heavy atom. The van der Waals surface area contributed by atoms with Crippen LogP contribution >= 0.6 is 0 Å². The maximum Gasteiger partial charge on any atom is 0.329 e. The molecular formula is C20H28N2O5. The summed E-state index contributed by atoms with van der Waals surface area (Å²) in [5, 5.41) is 21.6. The minimum atomic E-state index is -1.35. The van der Waals surface area contributed by atoms with Gasteiger partial charge in [0.25, 0.3) is 0 Å². The Hall–Kier alpha value is -2.41. The lowest BCUT2D eigenvalue weighted by Crippen LogP contribution is -2.61. The summed E-state index contributed by atoms with van der Waals surface area (Å²) in [4.78, 5) is 37.4. The Morgan fingerprint density at radius 1 is 1.11 bits per heavy atom. The third-order valence-corrected chi connectivity index (χ3v) is 5.52. The van der Waals surface area contributed by atoms with E-state index in [-0.39, 0.29) is 25.2 Å². The Bertz CT molecular complexity index is 728. The van der Waals surface area contributed by atoms with Crippen LogP contribution < -0.4 is 5.32 Å². The third-order valence-electron chi connectivity index (χ3n) is 5.52.